The zero-order valence-corrected chi connectivity index (χ0v) is 33.7. The van der Waals surface area contributed by atoms with Crippen LogP contribution < -0.4 is 11.5 Å². The van der Waals surface area contributed by atoms with Gasteiger partial charge < -0.3 is 11.5 Å². The fourth-order valence-corrected chi connectivity index (χ4v) is 8.43. The Morgan fingerprint density at radius 3 is 1.71 bits per heavy atom. The Labute approximate surface area is 335 Å². The first-order valence-corrected chi connectivity index (χ1v) is 23.1. The van der Waals surface area contributed by atoms with Crippen molar-refractivity contribution in [2.24, 2.45) is 30.7 Å². The number of rotatable bonds is 14. The number of aryl methyl sites for hydroxylation is 1. The second-order valence-electron chi connectivity index (χ2n) is 11.9. The van der Waals surface area contributed by atoms with Crippen LogP contribution in [0.2, 0.25) is 0 Å². The van der Waals surface area contributed by atoms with Gasteiger partial charge in [0, 0.05) is 10.8 Å². The van der Waals surface area contributed by atoms with Crippen LogP contribution in [0.4, 0.5) is 45.5 Å². The standard InChI is InChI=1S/C31H28N8O15S5/c1-17-3-2-4-18(13-17)34-39-31-29(32)26(16-28(30(31)33)58(48,49)50)38-35-23-9-10-24(22-14-20(56(42,43)44)5-7-21(22)23)36-37-25-8-6-19(15-27(25)57(45,46)47)55(40,41)12-11-54-59(51,52)53/h2-10,13-16H,11-12,32-33H2,1H3,(H,42,43,44)(H,45,46,47)(H,48,49,50)(H,51,52,53). The number of anilines is 2. The highest BCUT2D eigenvalue weighted by Gasteiger charge is 2.25. The first kappa shape index (κ1) is 44.4. The van der Waals surface area contributed by atoms with Crippen molar-refractivity contribution in [1.29, 1.82) is 0 Å². The summed E-state index contributed by atoms with van der Waals surface area (Å²) < 4.78 is 162. The Balaban J connectivity index is 1.61. The lowest BCUT2D eigenvalue weighted by molar-refractivity contribution is 0.284. The molecule has 8 N–H and O–H groups in total. The van der Waals surface area contributed by atoms with E-state index in [1.807, 2.05) is 0 Å². The molecule has 5 aromatic rings. The van der Waals surface area contributed by atoms with E-state index in [1.165, 1.54) is 12.1 Å². The highest BCUT2D eigenvalue weighted by Crippen LogP contribution is 2.44. The molecule has 312 valence electrons. The quantitative estimate of drug-likeness (QED) is 0.0429. The first-order valence-electron chi connectivity index (χ1n) is 15.8. The van der Waals surface area contributed by atoms with Crippen molar-refractivity contribution in [3.05, 3.63) is 84.4 Å². The monoisotopic (exact) mass is 912 g/mol. The Hall–Kier alpha value is -5.69. The van der Waals surface area contributed by atoms with Gasteiger partial charge in [-0.3, -0.25) is 18.2 Å². The topological polar surface area (TPSA) is 387 Å². The molecule has 0 spiro atoms. The van der Waals surface area contributed by atoms with Crippen molar-refractivity contribution < 1.29 is 64.5 Å². The largest absolute Gasteiger partial charge is 0.397 e. The molecule has 0 heterocycles. The minimum absolute atomic E-state index is 0.0459. The maximum Gasteiger partial charge on any atom is 0.397 e. The molecule has 0 aliphatic rings. The van der Waals surface area contributed by atoms with Gasteiger partial charge in [-0.1, -0.05) is 18.2 Å². The number of hydrogen-bond donors (Lipinski definition) is 6. The number of nitrogen functional groups attached to an aromatic ring is 2. The van der Waals surface area contributed by atoms with Crippen molar-refractivity contribution in [2.75, 3.05) is 23.8 Å². The Morgan fingerprint density at radius 2 is 1.12 bits per heavy atom. The Morgan fingerprint density at radius 1 is 0.542 bits per heavy atom. The maximum atomic E-state index is 12.7. The molecule has 0 bridgehead atoms. The van der Waals surface area contributed by atoms with Crippen molar-refractivity contribution >= 4 is 107 Å². The van der Waals surface area contributed by atoms with E-state index in [0.717, 1.165) is 42.0 Å². The van der Waals surface area contributed by atoms with Gasteiger partial charge in [0.25, 0.3) is 30.4 Å². The fraction of sp³-hybridized carbons (Fsp3) is 0.0968. The molecule has 23 nitrogen and oxygen atoms in total. The third-order valence-corrected chi connectivity index (χ3v) is 12.6. The normalized spacial score (nSPS) is 13.3. The van der Waals surface area contributed by atoms with Gasteiger partial charge >= 0.3 is 10.4 Å². The van der Waals surface area contributed by atoms with Gasteiger partial charge in [-0.05, 0) is 73.2 Å². The number of azo groups is 3. The molecule has 0 radical (unpaired) electrons. The van der Waals surface area contributed by atoms with Crippen LogP contribution in [0.25, 0.3) is 10.8 Å². The molecule has 0 unspecified atom stereocenters. The third kappa shape index (κ3) is 10.9. The zero-order valence-electron chi connectivity index (χ0n) is 29.6. The van der Waals surface area contributed by atoms with Crippen LogP contribution in [-0.2, 0) is 54.8 Å². The van der Waals surface area contributed by atoms with Gasteiger partial charge in [0.1, 0.15) is 26.9 Å². The summed E-state index contributed by atoms with van der Waals surface area (Å²) in [5.74, 6) is -1.04. The number of hydrogen-bond acceptors (Lipinski definition) is 19. The molecule has 28 heteroatoms. The number of nitrogens with two attached hydrogens (primary N) is 2. The van der Waals surface area contributed by atoms with Crippen molar-refractivity contribution in [3.63, 3.8) is 0 Å². The van der Waals surface area contributed by atoms with Crippen LogP contribution in [-0.4, -0.2) is 72.7 Å². The summed E-state index contributed by atoms with van der Waals surface area (Å²) >= 11 is 0. The molecule has 0 saturated heterocycles. The van der Waals surface area contributed by atoms with Crippen LogP contribution in [0.1, 0.15) is 5.56 Å². The van der Waals surface area contributed by atoms with Gasteiger partial charge in [0.05, 0.1) is 50.6 Å². The number of nitrogens with zero attached hydrogens (tertiary/aromatic N) is 6. The lowest BCUT2D eigenvalue weighted by Gasteiger charge is -2.11. The molecule has 5 aromatic carbocycles. The van der Waals surface area contributed by atoms with Crippen molar-refractivity contribution in [3.8, 4) is 0 Å². The van der Waals surface area contributed by atoms with Crippen LogP contribution in [0.15, 0.2) is 129 Å². The summed E-state index contributed by atoms with van der Waals surface area (Å²) in [6.07, 6.45) is 0. The summed E-state index contributed by atoms with van der Waals surface area (Å²) in [6, 6.07) is 15.2. The van der Waals surface area contributed by atoms with Crippen LogP contribution in [0.5, 0.6) is 0 Å². The number of sulfone groups is 1. The van der Waals surface area contributed by atoms with Crippen LogP contribution >= 0.6 is 0 Å². The summed E-state index contributed by atoms with van der Waals surface area (Å²) in [7, 11) is -24.5. The molecule has 59 heavy (non-hydrogen) atoms. The summed E-state index contributed by atoms with van der Waals surface area (Å²) in [5, 5.41) is 23.8. The summed E-state index contributed by atoms with van der Waals surface area (Å²) in [4.78, 5) is -3.29. The third-order valence-electron chi connectivity index (χ3n) is 7.79. The zero-order chi connectivity index (χ0) is 43.7. The van der Waals surface area contributed by atoms with Gasteiger partial charge in [0.15, 0.2) is 9.84 Å². The van der Waals surface area contributed by atoms with E-state index in [9.17, 15) is 55.7 Å². The second kappa shape index (κ2) is 16.5. The van der Waals surface area contributed by atoms with Crippen LogP contribution in [0.3, 0.4) is 0 Å². The molecule has 0 saturated carbocycles. The van der Waals surface area contributed by atoms with E-state index in [2.05, 4.69) is 34.9 Å². The van der Waals surface area contributed by atoms with Gasteiger partial charge in [-0.2, -0.15) is 38.8 Å². The molecular formula is C31H28N8O15S5. The van der Waals surface area contributed by atoms with Crippen LogP contribution in [0, 0.1) is 6.92 Å². The molecule has 5 rings (SSSR count). The second-order valence-corrected chi connectivity index (χ2v) is 19.3. The molecule has 0 fully saturated rings. The predicted molar refractivity (Wildman–Crippen MR) is 208 cm³/mol. The molecule has 0 aromatic heterocycles. The van der Waals surface area contributed by atoms with E-state index in [1.54, 1.807) is 31.2 Å². The Kier molecular flexibility index (Phi) is 12.4. The van der Waals surface area contributed by atoms with Gasteiger partial charge in [-0.15, -0.1) is 25.6 Å². The minimum Gasteiger partial charge on any atom is -0.396 e. The predicted octanol–water partition coefficient (Wildman–Crippen LogP) is 5.89. The molecule has 0 amide bonds. The van der Waals surface area contributed by atoms with Crippen molar-refractivity contribution in [2.45, 2.75) is 26.5 Å². The highest BCUT2D eigenvalue weighted by atomic mass is 32.3. The number of benzene rings is 5. The van der Waals surface area contributed by atoms with E-state index in [-0.39, 0.29) is 39.2 Å². The number of fused-ring (bicyclic) bond motifs is 1. The van der Waals surface area contributed by atoms with Gasteiger partial charge in [0.2, 0.25) is 0 Å². The Bertz CT molecular complexity index is 3200. The van der Waals surface area contributed by atoms with E-state index in [0.29, 0.717) is 11.8 Å². The van der Waals surface area contributed by atoms with Crippen molar-refractivity contribution in [1.82, 2.24) is 0 Å². The molecule has 0 aliphatic carbocycles. The summed E-state index contributed by atoms with van der Waals surface area (Å²) in [5.41, 5.74) is 10.9. The van der Waals surface area contributed by atoms with Gasteiger partial charge in [-0.25, -0.2) is 12.6 Å². The average molecular weight is 913 g/mol. The molecular weight excluding hydrogens is 885 g/mol. The maximum absolute atomic E-state index is 12.7. The van der Waals surface area contributed by atoms with E-state index >= 15 is 0 Å². The molecule has 0 atom stereocenters. The van der Waals surface area contributed by atoms with E-state index in [4.69, 9.17) is 16.0 Å². The average Bonchev–Trinajstić information content (AvgIpc) is 3.11. The van der Waals surface area contributed by atoms with E-state index < -0.39 is 93.9 Å². The highest BCUT2D eigenvalue weighted by molar-refractivity contribution is 7.91. The summed E-state index contributed by atoms with van der Waals surface area (Å²) in [6.45, 7) is 0.747. The lowest BCUT2D eigenvalue weighted by atomic mass is 10.1. The molecule has 0 aliphatic heterocycles. The first-order chi connectivity index (χ1) is 27.2. The smallest absolute Gasteiger partial charge is 0.396 e. The fourth-order valence-electron chi connectivity index (χ4n) is 5.05. The SMILES string of the molecule is Cc1cccc(N=Nc2c(N)c(N=Nc3ccc(N=Nc4ccc(S(=O)(=O)CCOS(=O)(=O)O)cc4S(=O)(=O)O)c4cc(S(=O)(=O)O)ccc34)cc(S(=O)(=O)O)c2N)c1. The minimum atomic E-state index is -5.22. The lowest BCUT2D eigenvalue weighted by Crippen LogP contribution is -2.16.